The van der Waals surface area contributed by atoms with Crippen molar-refractivity contribution in [3.8, 4) is 0 Å². The monoisotopic (exact) mass is 380 g/mol. The van der Waals surface area contributed by atoms with Crippen LogP contribution in [0.4, 0.5) is 0 Å². The molecule has 78 valence electrons. The van der Waals surface area contributed by atoms with E-state index in [0.717, 1.165) is 20.2 Å². The molecule has 0 aliphatic heterocycles. The molecule has 6 heteroatoms. The number of benzene rings is 1. The van der Waals surface area contributed by atoms with E-state index in [0.29, 0.717) is 5.33 Å². The largest absolute Gasteiger partial charge is 0.475 e. The van der Waals surface area contributed by atoms with E-state index in [4.69, 9.17) is 5.11 Å². The van der Waals surface area contributed by atoms with E-state index in [2.05, 4.69) is 48.5 Å². The Morgan fingerprint density at radius 1 is 1.60 bits per heavy atom. The lowest BCUT2D eigenvalue weighted by atomic mass is 10.2. The minimum atomic E-state index is -1.04. The first-order valence-corrected chi connectivity index (χ1v) is 6.30. The number of hydrogen-bond donors (Lipinski definition) is 2. The zero-order valence-electron chi connectivity index (χ0n) is 7.42. The molecule has 0 radical (unpaired) electrons. The highest BCUT2D eigenvalue weighted by molar-refractivity contribution is 14.1. The summed E-state index contributed by atoms with van der Waals surface area (Å²) >= 11 is 5.57. The molecule has 0 bridgehead atoms. The summed E-state index contributed by atoms with van der Waals surface area (Å²) in [5, 5.41) is 9.47. The highest BCUT2D eigenvalue weighted by Crippen LogP contribution is 2.24. The molecule has 2 N–H and O–H groups in total. The topological polar surface area (TPSA) is 66.0 Å². The van der Waals surface area contributed by atoms with E-state index in [-0.39, 0.29) is 5.82 Å². The number of aromatic nitrogens is 2. The van der Waals surface area contributed by atoms with Gasteiger partial charge >= 0.3 is 5.97 Å². The summed E-state index contributed by atoms with van der Waals surface area (Å²) in [4.78, 5) is 17.6. The first kappa shape index (κ1) is 10.9. The van der Waals surface area contributed by atoms with Crippen LogP contribution in [-0.2, 0) is 5.33 Å². The molecule has 1 aromatic heterocycles. The van der Waals surface area contributed by atoms with Crippen LogP contribution in [0.15, 0.2) is 12.1 Å². The summed E-state index contributed by atoms with van der Waals surface area (Å²) in [5.41, 5.74) is 2.48. The van der Waals surface area contributed by atoms with Crippen LogP contribution < -0.4 is 0 Å². The number of carboxylic acids is 1. The van der Waals surface area contributed by atoms with Crippen LogP contribution >= 0.6 is 38.5 Å². The van der Waals surface area contributed by atoms with Crippen molar-refractivity contribution in [1.29, 1.82) is 0 Å². The number of carbonyl (C=O) groups is 1. The van der Waals surface area contributed by atoms with Crippen LogP contribution in [0.1, 0.15) is 16.2 Å². The van der Waals surface area contributed by atoms with Crippen LogP contribution in [0.25, 0.3) is 11.0 Å². The average Bonchev–Trinajstić information content (AvgIpc) is 2.61. The maximum atomic E-state index is 10.7. The Hall–Kier alpha value is -0.630. The first-order valence-electron chi connectivity index (χ1n) is 4.10. The van der Waals surface area contributed by atoms with Crippen LogP contribution in [0, 0.1) is 3.57 Å². The highest BCUT2D eigenvalue weighted by Gasteiger charge is 2.13. The molecule has 0 saturated heterocycles. The summed E-state index contributed by atoms with van der Waals surface area (Å²) < 4.78 is 1.07. The molecule has 0 spiro atoms. The van der Waals surface area contributed by atoms with Crippen molar-refractivity contribution in [3.63, 3.8) is 0 Å². The fourth-order valence-electron chi connectivity index (χ4n) is 1.34. The van der Waals surface area contributed by atoms with Crippen molar-refractivity contribution in [2.75, 3.05) is 0 Å². The van der Waals surface area contributed by atoms with Gasteiger partial charge in [-0.05, 0) is 34.7 Å². The third-order valence-electron chi connectivity index (χ3n) is 2.04. The smallest absolute Gasteiger partial charge is 0.371 e. The third kappa shape index (κ3) is 1.87. The van der Waals surface area contributed by atoms with Gasteiger partial charge in [0.15, 0.2) is 0 Å². The Morgan fingerprint density at radius 3 is 2.93 bits per heavy atom. The fourth-order valence-corrected chi connectivity index (χ4v) is 3.05. The van der Waals surface area contributed by atoms with Gasteiger partial charge in [0.05, 0.1) is 11.0 Å². The Kier molecular flexibility index (Phi) is 2.96. The maximum Gasteiger partial charge on any atom is 0.371 e. The Bertz CT molecular complexity index is 538. The van der Waals surface area contributed by atoms with E-state index in [9.17, 15) is 4.79 Å². The first-order chi connectivity index (χ1) is 7.13. The predicted molar refractivity (Wildman–Crippen MR) is 68.4 cm³/mol. The molecule has 2 rings (SSSR count). The van der Waals surface area contributed by atoms with E-state index in [1.54, 1.807) is 0 Å². The molecule has 0 aliphatic rings. The van der Waals surface area contributed by atoms with Gasteiger partial charge in [0.2, 0.25) is 5.82 Å². The number of imidazole rings is 1. The zero-order chi connectivity index (χ0) is 11.0. The number of alkyl halides is 1. The normalized spacial score (nSPS) is 10.8. The highest BCUT2D eigenvalue weighted by atomic mass is 127. The number of hydrogen-bond acceptors (Lipinski definition) is 2. The number of carboxylic acid groups (broad SMARTS) is 1. The Morgan fingerprint density at radius 2 is 2.33 bits per heavy atom. The molecule has 0 atom stereocenters. The molecule has 15 heavy (non-hydrogen) atoms. The molecular weight excluding hydrogens is 375 g/mol. The fraction of sp³-hybridized carbons (Fsp3) is 0.111. The molecule has 1 aromatic carbocycles. The quantitative estimate of drug-likeness (QED) is 0.621. The summed E-state index contributed by atoms with van der Waals surface area (Å²) in [6.07, 6.45) is 0. The van der Waals surface area contributed by atoms with E-state index in [1.807, 2.05) is 12.1 Å². The van der Waals surface area contributed by atoms with Gasteiger partial charge in [-0.25, -0.2) is 9.78 Å². The van der Waals surface area contributed by atoms with Crippen LogP contribution in [0.3, 0.4) is 0 Å². The number of halogens is 2. The summed E-state index contributed by atoms with van der Waals surface area (Å²) in [6.45, 7) is 0. The zero-order valence-corrected chi connectivity index (χ0v) is 11.2. The van der Waals surface area contributed by atoms with Crippen molar-refractivity contribution in [1.82, 2.24) is 9.97 Å². The molecule has 4 nitrogen and oxygen atoms in total. The number of fused-ring (bicyclic) bond motifs is 1. The van der Waals surface area contributed by atoms with Gasteiger partial charge in [-0.15, -0.1) is 0 Å². The molecule has 1 heterocycles. The maximum absolute atomic E-state index is 10.7. The summed E-state index contributed by atoms with van der Waals surface area (Å²) in [7, 11) is 0. The van der Waals surface area contributed by atoms with Gasteiger partial charge in [0.1, 0.15) is 0 Å². The standard InChI is InChI=1S/C9H6BrIN2O2/c10-3-4-5(11)1-2-6-7(4)13-8(12-6)9(14)15/h1-2H,3H2,(H,12,13)(H,14,15). The van der Waals surface area contributed by atoms with Crippen molar-refractivity contribution in [2.45, 2.75) is 5.33 Å². The number of aromatic amines is 1. The molecule has 0 fully saturated rings. The lowest BCUT2D eigenvalue weighted by Gasteiger charge is -1.99. The third-order valence-corrected chi connectivity index (χ3v) is 3.61. The number of nitrogens with zero attached hydrogens (tertiary/aromatic N) is 1. The molecule has 0 saturated carbocycles. The number of aromatic carboxylic acids is 1. The van der Waals surface area contributed by atoms with Gasteiger partial charge < -0.3 is 10.1 Å². The van der Waals surface area contributed by atoms with Crippen molar-refractivity contribution in [3.05, 3.63) is 27.1 Å². The van der Waals surface area contributed by atoms with Crippen LogP contribution in [0.5, 0.6) is 0 Å². The molecule has 0 unspecified atom stereocenters. The molecule has 2 aromatic rings. The number of rotatable bonds is 2. The minimum absolute atomic E-state index is 0.0193. The van der Waals surface area contributed by atoms with E-state index < -0.39 is 5.97 Å². The minimum Gasteiger partial charge on any atom is -0.475 e. The Labute approximate surface area is 107 Å². The van der Waals surface area contributed by atoms with Crippen LogP contribution in [0.2, 0.25) is 0 Å². The summed E-state index contributed by atoms with van der Waals surface area (Å²) in [6, 6.07) is 3.77. The summed E-state index contributed by atoms with van der Waals surface area (Å²) in [5.74, 6) is -1.06. The number of H-pyrrole nitrogens is 1. The van der Waals surface area contributed by atoms with Gasteiger partial charge in [-0.3, -0.25) is 0 Å². The molecular formula is C9H6BrIN2O2. The second-order valence-electron chi connectivity index (χ2n) is 2.95. The second kappa shape index (κ2) is 4.09. The number of nitrogens with one attached hydrogen (secondary N) is 1. The van der Waals surface area contributed by atoms with E-state index >= 15 is 0 Å². The van der Waals surface area contributed by atoms with Gasteiger partial charge in [-0.2, -0.15) is 0 Å². The Balaban J connectivity index is 2.75. The predicted octanol–water partition coefficient (Wildman–Crippen LogP) is 2.76. The molecule has 0 aliphatic carbocycles. The van der Waals surface area contributed by atoms with Crippen molar-refractivity contribution < 1.29 is 9.90 Å². The van der Waals surface area contributed by atoms with Crippen molar-refractivity contribution in [2.24, 2.45) is 0 Å². The van der Waals surface area contributed by atoms with Gasteiger partial charge in [-0.1, -0.05) is 15.9 Å². The van der Waals surface area contributed by atoms with Crippen molar-refractivity contribution >= 4 is 55.5 Å². The lowest BCUT2D eigenvalue weighted by molar-refractivity contribution is 0.0685. The van der Waals surface area contributed by atoms with E-state index in [1.165, 1.54) is 0 Å². The lowest BCUT2D eigenvalue weighted by Crippen LogP contribution is -1.98. The van der Waals surface area contributed by atoms with Gasteiger partial charge in [0.25, 0.3) is 0 Å². The molecule has 0 amide bonds. The average molecular weight is 381 g/mol. The van der Waals surface area contributed by atoms with Crippen LogP contribution in [-0.4, -0.2) is 21.0 Å². The second-order valence-corrected chi connectivity index (χ2v) is 4.67. The van der Waals surface area contributed by atoms with Gasteiger partial charge in [0, 0.05) is 14.5 Å². The SMILES string of the molecule is O=C(O)c1nc2c(CBr)c(I)ccc2[nH]1.